The molecule has 0 unspecified atom stereocenters. The van der Waals surface area contributed by atoms with Crippen LogP contribution in [0.5, 0.6) is 0 Å². The van der Waals surface area contributed by atoms with Gasteiger partial charge in [-0.25, -0.2) is 0 Å². The van der Waals surface area contributed by atoms with Crippen molar-refractivity contribution in [2.45, 2.75) is 51.7 Å². The number of carbonyl (C=O) groups excluding carboxylic acids is 2. The van der Waals surface area contributed by atoms with Gasteiger partial charge in [0.15, 0.2) is 0 Å². The van der Waals surface area contributed by atoms with E-state index in [2.05, 4.69) is 15.6 Å². The maximum atomic E-state index is 12.7. The number of aromatic nitrogens is 1. The van der Waals surface area contributed by atoms with Gasteiger partial charge in [-0.15, -0.1) is 0 Å². The van der Waals surface area contributed by atoms with E-state index in [4.69, 9.17) is 10.8 Å². The molecule has 1 aromatic heterocycles. The summed E-state index contributed by atoms with van der Waals surface area (Å²) in [5.74, 6) is -1.92. The molecule has 0 aliphatic carbocycles. The second-order valence-electron chi connectivity index (χ2n) is 7.43. The van der Waals surface area contributed by atoms with Crippen LogP contribution in [0.2, 0.25) is 0 Å². The number of nitrogens with two attached hydrogens (primary N) is 1. The highest BCUT2D eigenvalue weighted by Crippen LogP contribution is 2.19. The van der Waals surface area contributed by atoms with Crippen molar-refractivity contribution >= 4 is 28.7 Å². The number of carbonyl (C=O) groups is 3. The van der Waals surface area contributed by atoms with Gasteiger partial charge in [0.1, 0.15) is 12.1 Å². The smallest absolute Gasteiger partial charge is 0.325 e. The van der Waals surface area contributed by atoms with Crippen LogP contribution in [-0.4, -0.2) is 46.0 Å². The first-order chi connectivity index (χ1) is 13.2. The zero-order chi connectivity index (χ0) is 20.8. The van der Waals surface area contributed by atoms with Gasteiger partial charge < -0.3 is 26.5 Å². The third-order valence-corrected chi connectivity index (χ3v) is 4.52. The topological polar surface area (TPSA) is 137 Å². The van der Waals surface area contributed by atoms with Gasteiger partial charge in [0.25, 0.3) is 0 Å². The minimum Gasteiger partial charge on any atom is -0.480 e. The standard InChI is InChI=1S/C20H28N4O4/c1-11(2)8-15(21)18(25)24-17(19(26)23-12(3)20(27)28)9-13-10-22-16-7-5-4-6-14(13)16/h4-7,10-12,15,17,22H,8-9,21H2,1-3H3,(H,23,26)(H,24,25)(H,27,28)/t12-,15-,17-/m0/s1. The van der Waals surface area contributed by atoms with Crippen molar-refractivity contribution in [1.29, 1.82) is 0 Å². The molecule has 0 spiro atoms. The number of H-pyrrole nitrogens is 1. The maximum absolute atomic E-state index is 12.7. The van der Waals surface area contributed by atoms with E-state index in [1.807, 2.05) is 38.1 Å². The molecule has 1 aromatic carbocycles. The number of nitrogens with one attached hydrogen (secondary N) is 3. The van der Waals surface area contributed by atoms with Crippen molar-refractivity contribution in [2.24, 2.45) is 11.7 Å². The largest absolute Gasteiger partial charge is 0.480 e. The molecule has 0 radical (unpaired) electrons. The zero-order valence-electron chi connectivity index (χ0n) is 16.4. The highest BCUT2D eigenvalue weighted by molar-refractivity contribution is 5.92. The Balaban J connectivity index is 2.21. The molecule has 0 bridgehead atoms. The molecule has 1 heterocycles. The molecule has 0 saturated heterocycles. The number of fused-ring (bicyclic) bond motifs is 1. The lowest BCUT2D eigenvalue weighted by molar-refractivity contribution is -0.141. The summed E-state index contributed by atoms with van der Waals surface area (Å²) in [5, 5.41) is 15.1. The van der Waals surface area contributed by atoms with Crippen LogP contribution in [0.1, 0.15) is 32.8 Å². The zero-order valence-corrected chi connectivity index (χ0v) is 16.4. The number of hydrogen-bond acceptors (Lipinski definition) is 4. The molecule has 6 N–H and O–H groups in total. The predicted molar refractivity (Wildman–Crippen MR) is 107 cm³/mol. The molecule has 0 saturated carbocycles. The second-order valence-corrected chi connectivity index (χ2v) is 7.43. The summed E-state index contributed by atoms with van der Waals surface area (Å²) in [4.78, 5) is 39.3. The molecule has 152 valence electrons. The van der Waals surface area contributed by atoms with Gasteiger partial charge in [0.2, 0.25) is 11.8 Å². The van der Waals surface area contributed by atoms with Gasteiger partial charge in [-0.3, -0.25) is 14.4 Å². The minimum absolute atomic E-state index is 0.211. The van der Waals surface area contributed by atoms with Gasteiger partial charge in [-0.1, -0.05) is 32.0 Å². The highest BCUT2D eigenvalue weighted by atomic mass is 16.4. The second kappa shape index (κ2) is 9.36. The Labute approximate surface area is 163 Å². The van der Waals surface area contributed by atoms with E-state index in [0.29, 0.717) is 6.42 Å². The molecule has 0 aliphatic rings. The SMILES string of the molecule is CC(C)C[C@H](N)C(=O)N[C@@H](Cc1c[nH]c2ccccc12)C(=O)N[C@@H](C)C(=O)O. The molecule has 2 rings (SSSR count). The van der Waals surface area contributed by atoms with Crippen LogP contribution in [0.4, 0.5) is 0 Å². The van der Waals surface area contributed by atoms with Crippen LogP contribution in [0.15, 0.2) is 30.5 Å². The summed E-state index contributed by atoms with van der Waals surface area (Å²) in [5.41, 5.74) is 7.70. The highest BCUT2D eigenvalue weighted by Gasteiger charge is 2.27. The van der Waals surface area contributed by atoms with Crippen molar-refractivity contribution in [1.82, 2.24) is 15.6 Å². The molecule has 8 heteroatoms. The van der Waals surface area contributed by atoms with Crippen LogP contribution in [0, 0.1) is 5.92 Å². The van der Waals surface area contributed by atoms with E-state index in [1.165, 1.54) is 6.92 Å². The molecule has 0 aliphatic heterocycles. The first-order valence-corrected chi connectivity index (χ1v) is 9.33. The molecule has 2 amide bonds. The lowest BCUT2D eigenvalue weighted by atomic mass is 10.0. The summed E-state index contributed by atoms with van der Waals surface area (Å²) >= 11 is 0. The fourth-order valence-corrected chi connectivity index (χ4v) is 3.00. The molecule has 28 heavy (non-hydrogen) atoms. The Bertz CT molecular complexity index is 846. The number of carboxylic acids is 1. The molecule has 0 fully saturated rings. The summed E-state index contributed by atoms with van der Waals surface area (Å²) in [6, 6.07) is 4.87. The van der Waals surface area contributed by atoms with Crippen molar-refractivity contribution in [2.75, 3.05) is 0 Å². The number of aromatic amines is 1. The average Bonchev–Trinajstić information content (AvgIpc) is 3.03. The number of amides is 2. The van der Waals surface area contributed by atoms with Crippen LogP contribution in [0.3, 0.4) is 0 Å². The Morgan fingerprint density at radius 1 is 1.11 bits per heavy atom. The third-order valence-electron chi connectivity index (χ3n) is 4.52. The van der Waals surface area contributed by atoms with Crippen molar-refractivity contribution < 1.29 is 19.5 Å². The summed E-state index contributed by atoms with van der Waals surface area (Å²) in [6.07, 6.45) is 2.48. The van der Waals surface area contributed by atoms with Crippen LogP contribution in [0.25, 0.3) is 10.9 Å². The van der Waals surface area contributed by atoms with Crippen LogP contribution in [-0.2, 0) is 20.8 Å². The van der Waals surface area contributed by atoms with Crippen molar-refractivity contribution in [3.05, 3.63) is 36.0 Å². The lowest BCUT2D eigenvalue weighted by Crippen LogP contribution is -2.54. The first-order valence-electron chi connectivity index (χ1n) is 9.33. The normalized spacial score (nSPS) is 14.5. The van der Waals surface area contributed by atoms with Gasteiger partial charge in [-0.2, -0.15) is 0 Å². The molecular weight excluding hydrogens is 360 g/mol. The van der Waals surface area contributed by atoms with E-state index in [0.717, 1.165) is 16.5 Å². The predicted octanol–water partition coefficient (Wildman–Crippen LogP) is 1.16. The average molecular weight is 388 g/mol. The van der Waals surface area contributed by atoms with Crippen LogP contribution < -0.4 is 16.4 Å². The first kappa shape index (κ1) is 21.4. The molecule has 2 aromatic rings. The van der Waals surface area contributed by atoms with Gasteiger partial charge in [-0.05, 0) is 30.9 Å². The monoisotopic (exact) mass is 388 g/mol. The van der Waals surface area contributed by atoms with Crippen LogP contribution >= 0.6 is 0 Å². The van der Waals surface area contributed by atoms with E-state index in [9.17, 15) is 14.4 Å². The fourth-order valence-electron chi connectivity index (χ4n) is 3.00. The Kier molecular flexibility index (Phi) is 7.17. The van der Waals surface area contributed by atoms with Gasteiger partial charge >= 0.3 is 5.97 Å². The Morgan fingerprint density at radius 2 is 1.79 bits per heavy atom. The van der Waals surface area contributed by atoms with Crippen molar-refractivity contribution in [3.8, 4) is 0 Å². The lowest BCUT2D eigenvalue weighted by Gasteiger charge is -2.22. The number of para-hydroxylation sites is 1. The molecular formula is C20H28N4O4. The number of carboxylic acid groups (broad SMARTS) is 1. The number of rotatable bonds is 9. The summed E-state index contributed by atoms with van der Waals surface area (Å²) < 4.78 is 0. The number of benzene rings is 1. The molecule has 3 atom stereocenters. The quantitative estimate of drug-likeness (QED) is 0.439. The number of aliphatic carboxylic acids is 1. The Hall–Kier alpha value is -2.87. The van der Waals surface area contributed by atoms with Crippen molar-refractivity contribution in [3.63, 3.8) is 0 Å². The fraction of sp³-hybridized carbons (Fsp3) is 0.450. The Morgan fingerprint density at radius 3 is 2.43 bits per heavy atom. The maximum Gasteiger partial charge on any atom is 0.325 e. The summed E-state index contributed by atoms with van der Waals surface area (Å²) in [6.45, 7) is 5.28. The summed E-state index contributed by atoms with van der Waals surface area (Å²) in [7, 11) is 0. The number of hydrogen-bond donors (Lipinski definition) is 5. The molecule has 8 nitrogen and oxygen atoms in total. The minimum atomic E-state index is -1.15. The van der Waals surface area contributed by atoms with Gasteiger partial charge in [0.05, 0.1) is 6.04 Å². The third kappa shape index (κ3) is 5.56. The van der Waals surface area contributed by atoms with E-state index >= 15 is 0 Å². The van der Waals surface area contributed by atoms with E-state index < -0.39 is 35.9 Å². The van der Waals surface area contributed by atoms with E-state index in [1.54, 1.807) is 6.20 Å². The van der Waals surface area contributed by atoms with Gasteiger partial charge in [0, 0.05) is 23.5 Å². The van der Waals surface area contributed by atoms with E-state index in [-0.39, 0.29) is 12.3 Å².